The summed E-state index contributed by atoms with van der Waals surface area (Å²) in [7, 11) is 0. The Kier molecular flexibility index (Phi) is 4.70. The molecule has 0 amide bonds. The van der Waals surface area contributed by atoms with Gasteiger partial charge in [0.15, 0.2) is 0 Å². The van der Waals surface area contributed by atoms with Gasteiger partial charge in [-0.2, -0.15) is 0 Å². The van der Waals surface area contributed by atoms with E-state index >= 15 is 0 Å². The minimum atomic E-state index is -1.15. The molecule has 5 heteroatoms. The van der Waals surface area contributed by atoms with E-state index in [4.69, 9.17) is 17.3 Å². The molecule has 0 aliphatic rings. The fourth-order valence-electron chi connectivity index (χ4n) is 2.12. The van der Waals surface area contributed by atoms with Gasteiger partial charge in [-0.25, -0.2) is 8.78 Å². The molecule has 2 atom stereocenters. The summed E-state index contributed by atoms with van der Waals surface area (Å²) in [5, 5.41) is 10.7. The van der Waals surface area contributed by atoms with Crippen LogP contribution >= 0.6 is 11.6 Å². The Morgan fingerprint density at radius 3 is 2.35 bits per heavy atom. The highest BCUT2D eigenvalue weighted by Crippen LogP contribution is 2.32. The summed E-state index contributed by atoms with van der Waals surface area (Å²) in [5.41, 5.74) is 6.38. The first kappa shape index (κ1) is 14.9. The predicted molar refractivity (Wildman–Crippen MR) is 74.6 cm³/mol. The van der Waals surface area contributed by atoms with Crippen molar-refractivity contribution in [1.82, 2.24) is 0 Å². The van der Waals surface area contributed by atoms with Gasteiger partial charge in [0.05, 0.1) is 6.10 Å². The Bertz CT molecular complexity index is 589. The largest absolute Gasteiger partial charge is 0.388 e. The topological polar surface area (TPSA) is 46.2 Å². The van der Waals surface area contributed by atoms with Crippen LogP contribution in [0.4, 0.5) is 8.78 Å². The molecule has 3 N–H and O–H groups in total. The highest BCUT2D eigenvalue weighted by atomic mass is 35.5. The van der Waals surface area contributed by atoms with Crippen molar-refractivity contribution in [2.45, 2.75) is 12.0 Å². The maximum Gasteiger partial charge on any atom is 0.129 e. The molecule has 2 aromatic rings. The van der Waals surface area contributed by atoms with Gasteiger partial charge in [0, 0.05) is 23.0 Å². The van der Waals surface area contributed by atoms with Crippen LogP contribution in [0.5, 0.6) is 0 Å². The van der Waals surface area contributed by atoms with E-state index in [1.54, 1.807) is 0 Å². The number of aliphatic hydroxyl groups excluding tert-OH is 1. The second kappa shape index (κ2) is 6.31. The summed E-state index contributed by atoms with van der Waals surface area (Å²) < 4.78 is 26.7. The van der Waals surface area contributed by atoms with E-state index < -0.39 is 17.8 Å². The van der Waals surface area contributed by atoms with Gasteiger partial charge in [-0.3, -0.25) is 0 Å². The Labute approximate surface area is 120 Å². The molecular weight excluding hydrogens is 284 g/mol. The van der Waals surface area contributed by atoms with Gasteiger partial charge in [0.1, 0.15) is 11.6 Å². The van der Waals surface area contributed by atoms with Gasteiger partial charge in [0.25, 0.3) is 0 Å². The number of benzene rings is 2. The number of hydrogen-bond donors (Lipinski definition) is 2. The van der Waals surface area contributed by atoms with Gasteiger partial charge < -0.3 is 10.8 Å². The van der Waals surface area contributed by atoms with Crippen LogP contribution in [0.25, 0.3) is 0 Å². The predicted octanol–water partition coefficient (Wildman–Crippen LogP) is 3.39. The molecule has 0 aromatic heterocycles. The van der Waals surface area contributed by atoms with Gasteiger partial charge in [-0.15, -0.1) is 0 Å². The fraction of sp³-hybridized carbons (Fsp3) is 0.200. The molecule has 0 radical (unpaired) electrons. The lowest BCUT2D eigenvalue weighted by molar-refractivity contribution is 0.143. The Morgan fingerprint density at radius 2 is 1.75 bits per heavy atom. The van der Waals surface area contributed by atoms with E-state index in [1.165, 1.54) is 42.5 Å². The third kappa shape index (κ3) is 3.15. The minimum Gasteiger partial charge on any atom is -0.388 e. The van der Waals surface area contributed by atoms with Gasteiger partial charge in [-0.1, -0.05) is 23.7 Å². The molecule has 0 aliphatic carbocycles. The summed E-state index contributed by atoms with van der Waals surface area (Å²) in [6.07, 6.45) is -1.15. The van der Waals surface area contributed by atoms with Crippen LogP contribution in [0.15, 0.2) is 42.5 Å². The zero-order valence-electron chi connectivity index (χ0n) is 10.6. The normalized spacial score (nSPS) is 14.1. The third-order valence-corrected chi connectivity index (χ3v) is 3.45. The number of halogens is 3. The second-order valence-corrected chi connectivity index (χ2v) is 4.94. The quantitative estimate of drug-likeness (QED) is 0.908. The van der Waals surface area contributed by atoms with Crippen molar-refractivity contribution in [3.8, 4) is 0 Å². The van der Waals surface area contributed by atoms with Crippen molar-refractivity contribution in [3.63, 3.8) is 0 Å². The second-order valence-electron chi connectivity index (χ2n) is 4.50. The van der Waals surface area contributed by atoms with Crippen LogP contribution in [-0.2, 0) is 0 Å². The maximum absolute atomic E-state index is 13.8. The molecule has 20 heavy (non-hydrogen) atoms. The minimum absolute atomic E-state index is 0.0808. The monoisotopic (exact) mass is 297 g/mol. The fourth-order valence-corrected chi connectivity index (χ4v) is 2.30. The molecule has 2 unspecified atom stereocenters. The summed E-state index contributed by atoms with van der Waals surface area (Å²) in [4.78, 5) is 0. The first-order valence-electron chi connectivity index (χ1n) is 6.11. The first-order valence-corrected chi connectivity index (χ1v) is 6.49. The van der Waals surface area contributed by atoms with Crippen molar-refractivity contribution < 1.29 is 13.9 Å². The average Bonchev–Trinajstić information content (AvgIpc) is 2.44. The molecule has 2 nitrogen and oxygen atoms in total. The molecule has 2 rings (SSSR count). The molecule has 0 saturated carbocycles. The molecule has 0 bridgehead atoms. The zero-order chi connectivity index (χ0) is 14.7. The van der Waals surface area contributed by atoms with Crippen LogP contribution in [0.3, 0.4) is 0 Å². The van der Waals surface area contributed by atoms with E-state index in [2.05, 4.69) is 0 Å². The Balaban J connectivity index is 2.35. The molecule has 0 aliphatic heterocycles. The Morgan fingerprint density at radius 1 is 1.10 bits per heavy atom. The van der Waals surface area contributed by atoms with E-state index in [1.807, 2.05) is 0 Å². The van der Waals surface area contributed by atoms with Crippen LogP contribution in [0, 0.1) is 11.6 Å². The van der Waals surface area contributed by atoms with Crippen molar-refractivity contribution in [1.29, 1.82) is 0 Å². The molecule has 0 saturated heterocycles. The lowest BCUT2D eigenvalue weighted by atomic mass is 9.89. The van der Waals surface area contributed by atoms with Crippen molar-refractivity contribution in [2.24, 2.45) is 5.73 Å². The SMILES string of the molecule is NCC(c1ccc(F)cc1)C(O)c1cc(Cl)ccc1F. The molecule has 0 heterocycles. The third-order valence-electron chi connectivity index (χ3n) is 3.21. The van der Waals surface area contributed by atoms with Crippen molar-refractivity contribution >= 4 is 11.6 Å². The Hall–Kier alpha value is -1.49. The average molecular weight is 298 g/mol. The van der Waals surface area contributed by atoms with E-state index in [-0.39, 0.29) is 17.9 Å². The highest BCUT2D eigenvalue weighted by Gasteiger charge is 2.24. The number of hydrogen-bond acceptors (Lipinski definition) is 2. The molecule has 106 valence electrons. The van der Waals surface area contributed by atoms with E-state index in [0.29, 0.717) is 10.6 Å². The van der Waals surface area contributed by atoms with Crippen molar-refractivity contribution in [2.75, 3.05) is 6.54 Å². The molecular formula is C15H14ClF2NO. The van der Waals surface area contributed by atoms with Crippen LogP contribution in [-0.4, -0.2) is 11.7 Å². The number of nitrogens with two attached hydrogens (primary N) is 1. The summed E-state index contributed by atoms with van der Waals surface area (Å²) >= 11 is 5.82. The molecule has 0 spiro atoms. The van der Waals surface area contributed by atoms with E-state index in [9.17, 15) is 13.9 Å². The standard InChI is InChI=1S/C15H14ClF2NO/c16-10-3-6-14(18)12(7-10)15(20)13(8-19)9-1-4-11(17)5-2-9/h1-7,13,15,20H,8,19H2. The first-order chi connectivity index (χ1) is 9.52. The van der Waals surface area contributed by atoms with Crippen LogP contribution in [0.2, 0.25) is 5.02 Å². The lowest BCUT2D eigenvalue weighted by Gasteiger charge is -2.23. The van der Waals surface area contributed by atoms with Crippen LogP contribution in [0.1, 0.15) is 23.1 Å². The highest BCUT2D eigenvalue weighted by molar-refractivity contribution is 6.30. The number of aliphatic hydroxyl groups is 1. The number of rotatable bonds is 4. The maximum atomic E-state index is 13.8. The van der Waals surface area contributed by atoms with Crippen molar-refractivity contribution in [3.05, 3.63) is 70.2 Å². The van der Waals surface area contributed by atoms with Crippen LogP contribution < -0.4 is 5.73 Å². The smallest absolute Gasteiger partial charge is 0.129 e. The van der Waals surface area contributed by atoms with Gasteiger partial charge >= 0.3 is 0 Å². The molecule has 2 aromatic carbocycles. The zero-order valence-corrected chi connectivity index (χ0v) is 11.3. The molecule has 0 fully saturated rings. The van der Waals surface area contributed by atoms with Gasteiger partial charge in [0.2, 0.25) is 0 Å². The lowest BCUT2D eigenvalue weighted by Crippen LogP contribution is -2.21. The summed E-state index contributed by atoms with van der Waals surface area (Å²) in [5.74, 6) is -1.47. The summed E-state index contributed by atoms with van der Waals surface area (Å²) in [6.45, 7) is 0.0960. The summed E-state index contributed by atoms with van der Waals surface area (Å²) in [6, 6.07) is 9.57. The van der Waals surface area contributed by atoms with E-state index in [0.717, 1.165) is 0 Å². The van der Waals surface area contributed by atoms with Gasteiger partial charge in [-0.05, 0) is 35.9 Å².